The lowest BCUT2D eigenvalue weighted by atomic mass is 10.2. The summed E-state index contributed by atoms with van der Waals surface area (Å²) in [6, 6.07) is 12.8. The molecule has 1 heterocycles. The standard InChI is InChI=1S/C15H15NO3/c1-12(17)10-16-8-7-14(9-15(16)18)19-11-13-5-3-2-4-6-13/h2-9H,10-11H2,1H3. The minimum Gasteiger partial charge on any atom is -0.489 e. The van der Waals surface area contributed by atoms with Crippen LogP contribution >= 0.6 is 0 Å². The predicted molar refractivity (Wildman–Crippen MR) is 72.2 cm³/mol. The van der Waals surface area contributed by atoms with Gasteiger partial charge in [0.05, 0.1) is 6.54 Å². The smallest absolute Gasteiger partial charge is 0.254 e. The monoisotopic (exact) mass is 257 g/mol. The molecule has 0 aliphatic heterocycles. The molecule has 0 unspecified atom stereocenters. The third-order valence-corrected chi connectivity index (χ3v) is 2.61. The van der Waals surface area contributed by atoms with Gasteiger partial charge in [-0.05, 0) is 18.6 Å². The molecular weight excluding hydrogens is 242 g/mol. The summed E-state index contributed by atoms with van der Waals surface area (Å²) >= 11 is 0. The number of Topliss-reactive ketones (excluding diaryl/α,β-unsaturated/α-hetero) is 1. The van der Waals surface area contributed by atoms with Gasteiger partial charge in [0.15, 0.2) is 0 Å². The van der Waals surface area contributed by atoms with Crippen LogP contribution in [0.2, 0.25) is 0 Å². The minimum absolute atomic E-state index is 0.0555. The Balaban J connectivity index is 2.04. The van der Waals surface area contributed by atoms with Gasteiger partial charge in [0.25, 0.3) is 5.56 Å². The number of ether oxygens (including phenoxy) is 1. The largest absolute Gasteiger partial charge is 0.489 e. The molecule has 0 atom stereocenters. The molecule has 2 aromatic rings. The lowest BCUT2D eigenvalue weighted by Crippen LogP contribution is -2.21. The number of carbonyl (C=O) groups is 1. The highest BCUT2D eigenvalue weighted by Gasteiger charge is 2.02. The van der Waals surface area contributed by atoms with E-state index in [-0.39, 0.29) is 17.9 Å². The second kappa shape index (κ2) is 6.00. The third kappa shape index (κ3) is 3.81. The summed E-state index contributed by atoms with van der Waals surface area (Å²) in [5.41, 5.74) is 0.802. The van der Waals surface area contributed by atoms with E-state index < -0.39 is 0 Å². The van der Waals surface area contributed by atoms with Crippen molar-refractivity contribution >= 4 is 5.78 Å². The van der Waals surface area contributed by atoms with Crippen molar-refractivity contribution in [2.24, 2.45) is 0 Å². The lowest BCUT2D eigenvalue weighted by molar-refractivity contribution is -0.117. The van der Waals surface area contributed by atoms with Crippen LogP contribution in [0.1, 0.15) is 12.5 Å². The second-order valence-corrected chi connectivity index (χ2v) is 4.30. The zero-order valence-corrected chi connectivity index (χ0v) is 10.7. The van der Waals surface area contributed by atoms with Crippen LogP contribution in [0.4, 0.5) is 0 Å². The molecule has 0 fully saturated rings. The summed E-state index contributed by atoms with van der Waals surface area (Å²) in [7, 11) is 0. The highest BCUT2D eigenvalue weighted by atomic mass is 16.5. The molecule has 1 aromatic carbocycles. The van der Waals surface area contributed by atoms with Gasteiger partial charge in [0, 0.05) is 12.3 Å². The summed E-state index contributed by atoms with van der Waals surface area (Å²) in [4.78, 5) is 22.7. The van der Waals surface area contributed by atoms with Gasteiger partial charge in [0.2, 0.25) is 0 Å². The Kier molecular flexibility index (Phi) is 4.13. The lowest BCUT2D eigenvalue weighted by Gasteiger charge is -2.07. The summed E-state index contributed by atoms with van der Waals surface area (Å²) < 4.78 is 6.89. The fraction of sp³-hybridized carbons (Fsp3) is 0.200. The average molecular weight is 257 g/mol. The van der Waals surface area contributed by atoms with Crippen LogP contribution in [0.25, 0.3) is 0 Å². The van der Waals surface area contributed by atoms with Gasteiger partial charge in [-0.1, -0.05) is 30.3 Å². The molecule has 2 rings (SSSR count). The van der Waals surface area contributed by atoms with E-state index >= 15 is 0 Å². The van der Waals surface area contributed by atoms with Crippen LogP contribution in [-0.2, 0) is 17.9 Å². The Hall–Kier alpha value is -2.36. The van der Waals surface area contributed by atoms with E-state index in [4.69, 9.17) is 4.74 Å². The number of aromatic nitrogens is 1. The van der Waals surface area contributed by atoms with Crippen LogP contribution in [0.5, 0.6) is 5.75 Å². The van der Waals surface area contributed by atoms with Gasteiger partial charge >= 0.3 is 0 Å². The topological polar surface area (TPSA) is 48.3 Å². The zero-order valence-electron chi connectivity index (χ0n) is 10.7. The molecule has 0 amide bonds. The van der Waals surface area contributed by atoms with E-state index in [1.807, 2.05) is 30.3 Å². The number of hydrogen-bond acceptors (Lipinski definition) is 3. The van der Waals surface area contributed by atoms with E-state index in [9.17, 15) is 9.59 Å². The molecule has 0 aliphatic rings. The number of carbonyl (C=O) groups excluding carboxylic acids is 1. The van der Waals surface area contributed by atoms with Gasteiger partial charge in [-0.25, -0.2) is 0 Å². The molecule has 0 N–H and O–H groups in total. The van der Waals surface area contributed by atoms with E-state index in [1.165, 1.54) is 17.6 Å². The van der Waals surface area contributed by atoms with Gasteiger partial charge in [-0.15, -0.1) is 0 Å². The number of nitrogens with zero attached hydrogens (tertiary/aromatic N) is 1. The van der Waals surface area contributed by atoms with Crippen molar-refractivity contribution in [2.75, 3.05) is 0 Å². The van der Waals surface area contributed by atoms with Crippen molar-refractivity contribution in [1.29, 1.82) is 0 Å². The molecule has 4 nitrogen and oxygen atoms in total. The average Bonchev–Trinajstić information content (AvgIpc) is 2.40. The van der Waals surface area contributed by atoms with Crippen LogP contribution in [0.3, 0.4) is 0 Å². The third-order valence-electron chi connectivity index (χ3n) is 2.61. The Labute approximate surface area is 111 Å². The number of ketones is 1. The summed E-state index contributed by atoms with van der Waals surface area (Å²) in [6.45, 7) is 1.96. The molecule has 0 saturated heterocycles. The summed E-state index contributed by atoms with van der Waals surface area (Å²) in [6.07, 6.45) is 1.57. The maximum Gasteiger partial charge on any atom is 0.254 e. The first kappa shape index (κ1) is 13.1. The van der Waals surface area contributed by atoms with Crippen molar-refractivity contribution in [1.82, 2.24) is 4.57 Å². The Morgan fingerprint density at radius 2 is 1.95 bits per heavy atom. The maximum atomic E-state index is 11.7. The number of pyridine rings is 1. The predicted octanol–water partition coefficient (Wildman–Crippen LogP) is 2.02. The summed E-state index contributed by atoms with van der Waals surface area (Å²) in [5.74, 6) is 0.453. The number of rotatable bonds is 5. The van der Waals surface area contributed by atoms with Crippen molar-refractivity contribution in [3.05, 3.63) is 64.6 Å². The highest BCUT2D eigenvalue weighted by molar-refractivity contribution is 5.75. The van der Waals surface area contributed by atoms with E-state index in [1.54, 1.807) is 12.3 Å². The van der Waals surface area contributed by atoms with E-state index in [0.717, 1.165) is 5.56 Å². The fourth-order valence-corrected chi connectivity index (χ4v) is 1.69. The van der Waals surface area contributed by atoms with Crippen LogP contribution < -0.4 is 10.3 Å². The van der Waals surface area contributed by atoms with E-state index in [0.29, 0.717) is 12.4 Å². The molecule has 0 saturated carbocycles. The Morgan fingerprint density at radius 3 is 2.58 bits per heavy atom. The molecule has 0 radical (unpaired) electrons. The van der Waals surface area contributed by atoms with Gasteiger partial charge in [-0.3, -0.25) is 9.59 Å². The van der Waals surface area contributed by atoms with Gasteiger partial charge < -0.3 is 9.30 Å². The molecular formula is C15H15NO3. The minimum atomic E-state index is -0.235. The molecule has 98 valence electrons. The highest BCUT2D eigenvalue weighted by Crippen LogP contribution is 2.09. The summed E-state index contributed by atoms with van der Waals surface area (Å²) in [5, 5.41) is 0. The van der Waals surface area contributed by atoms with Crippen molar-refractivity contribution in [3.8, 4) is 5.75 Å². The van der Waals surface area contributed by atoms with Gasteiger partial charge in [-0.2, -0.15) is 0 Å². The first-order valence-corrected chi connectivity index (χ1v) is 6.02. The van der Waals surface area contributed by atoms with Crippen molar-refractivity contribution in [2.45, 2.75) is 20.1 Å². The van der Waals surface area contributed by atoms with Crippen molar-refractivity contribution in [3.63, 3.8) is 0 Å². The molecule has 4 heteroatoms. The molecule has 0 bridgehead atoms. The molecule has 19 heavy (non-hydrogen) atoms. The van der Waals surface area contributed by atoms with Crippen molar-refractivity contribution < 1.29 is 9.53 Å². The Morgan fingerprint density at radius 1 is 1.21 bits per heavy atom. The second-order valence-electron chi connectivity index (χ2n) is 4.30. The number of benzene rings is 1. The first-order chi connectivity index (χ1) is 9.15. The quantitative estimate of drug-likeness (QED) is 0.823. The zero-order chi connectivity index (χ0) is 13.7. The van der Waals surface area contributed by atoms with Crippen LogP contribution in [0.15, 0.2) is 53.5 Å². The van der Waals surface area contributed by atoms with E-state index in [2.05, 4.69) is 0 Å². The maximum absolute atomic E-state index is 11.7. The van der Waals surface area contributed by atoms with Crippen LogP contribution in [0, 0.1) is 0 Å². The van der Waals surface area contributed by atoms with Crippen LogP contribution in [-0.4, -0.2) is 10.4 Å². The number of hydrogen-bond donors (Lipinski definition) is 0. The SMILES string of the molecule is CC(=O)Cn1ccc(OCc2ccccc2)cc1=O. The molecule has 1 aromatic heterocycles. The normalized spacial score (nSPS) is 10.2. The Bertz CT molecular complexity index is 617. The molecule has 0 spiro atoms. The first-order valence-electron chi connectivity index (χ1n) is 6.02. The molecule has 0 aliphatic carbocycles. The van der Waals surface area contributed by atoms with Gasteiger partial charge in [0.1, 0.15) is 18.1 Å². The fourth-order valence-electron chi connectivity index (χ4n) is 1.69.